The van der Waals surface area contributed by atoms with E-state index in [-0.39, 0.29) is 18.0 Å². The standard InChI is InChI=1S/C17H20N4O2S/c1-12-18-8-15(24-12)9-19-17(23)20-14-7-16(22)21(11-14)10-13-5-3-2-4-6-13/h2-6,8,14H,7,9-11H2,1H3,(H2,19,20,23)/t14-/m1/s1. The maximum atomic E-state index is 12.1. The summed E-state index contributed by atoms with van der Waals surface area (Å²) in [6, 6.07) is 9.47. The molecular formula is C17H20N4O2S. The third-order valence-corrected chi connectivity index (χ3v) is 4.77. The van der Waals surface area contributed by atoms with Crippen molar-refractivity contribution in [1.29, 1.82) is 0 Å². The fourth-order valence-electron chi connectivity index (χ4n) is 2.72. The van der Waals surface area contributed by atoms with E-state index in [0.29, 0.717) is 26.1 Å². The minimum absolute atomic E-state index is 0.0715. The number of benzene rings is 1. The van der Waals surface area contributed by atoms with Crippen molar-refractivity contribution in [2.75, 3.05) is 6.54 Å². The van der Waals surface area contributed by atoms with Crippen LogP contribution in [0.3, 0.4) is 0 Å². The van der Waals surface area contributed by atoms with Gasteiger partial charge in [-0.15, -0.1) is 11.3 Å². The SMILES string of the molecule is Cc1ncc(CNC(=O)N[C@@H]2CC(=O)N(Cc3ccccc3)C2)s1. The molecule has 2 heterocycles. The van der Waals surface area contributed by atoms with Gasteiger partial charge in [-0.3, -0.25) is 4.79 Å². The van der Waals surface area contributed by atoms with Crippen molar-refractivity contribution in [1.82, 2.24) is 20.5 Å². The number of hydrogen-bond acceptors (Lipinski definition) is 4. The molecule has 3 rings (SSSR count). The Labute approximate surface area is 144 Å². The monoisotopic (exact) mass is 344 g/mol. The smallest absolute Gasteiger partial charge is 0.315 e. The van der Waals surface area contributed by atoms with E-state index >= 15 is 0 Å². The fraction of sp³-hybridized carbons (Fsp3) is 0.353. The summed E-state index contributed by atoms with van der Waals surface area (Å²) in [5.41, 5.74) is 1.09. The van der Waals surface area contributed by atoms with Crippen molar-refractivity contribution >= 4 is 23.3 Å². The molecule has 1 aliphatic heterocycles. The number of carbonyl (C=O) groups is 2. The summed E-state index contributed by atoms with van der Waals surface area (Å²) in [5, 5.41) is 6.66. The largest absolute Gasteiger partial charge is 0.336 e. The van der Waals surface area contributed by atoms with Crippen LogP contribution in [-0.2, 0) is 17.9 Å². The van der Waals surface area contributed by atoms with Crippen LogP contribution in [0.25, 0.3) is 0 Å². The molecule has 0 radical (unpaired) electrons. The minimum atomic E-state index is -0.250. The summed E-state index contributed by atoms with van der Waals surface area (Å²) in [4.78, 5) is 31.0. The van der Waals surface area contributed by atoms with Gasteiger partial charge in [0.1, 0.15) is 0 Å². The van der Waals surface area contributed by atoms with E-state index in [0.717, 1.165) is 15.4 Å². The molecule has 0 aliphatic carbocycles. The highest BCUT2D eigenvalue weighted by molar-refractivity contribution is 7.11. The molecule has 24 heavy (non-hydrogen) atoms. The van der Waals surface area contributed by atoms with Crippen LogP contribution < -0.4 is 10.6 Å². The average Bonchev–Trinajstić information content (AvgIpc) is 3.12. The highest BCUT2D eigenvalue weighted by atomic mass is 32.1. The molecule has 1 aromatic carbocycles. The van der Waals surface area contributed by atoms with Gasteiger partial charge in [-0.25, -0.2) is 9.78 Å². The lowest BCUT2D eigenvalue weighted by molar-refractivity contribution is -0.128. The number of rotatable bonds is 5. The quantitative estimate of drug-likeness (QED) is 0.872. The fourth-order valence-corrected chi connectivity index (χ4v) is 3.45. The number of nitrogens with zero attached hydrogens (tertiary/aromatic N) is 2. The summed E-state index contributed by atoms with van der Waals surface area (Å²) < 4.78 is 0. The first-order chi connectivity index (χ1) is 11.6. The molecule has 7 heteroatoms. The highest BCUT2D eigenvalue weighted by Crippen LogP contribution is 2.15. The topological polar surface area (TPSA) is 74.3 Å². The Morgan fingerprint density at radius 1 is 1.38 bits per heavy atom. The second-order valence-corrected chi connectivity index (χ2v) is 7.15. The van der Waals surface area contributed by atoms with Crippen LogP contribution in [0.4, 0.5) is 4.79 Å². The van der Waals surface area contributed by atoms with Crippen molar-refractivity contribution < 1.29 is 9.59 Å². The van der Waals surface area contributed by atoms with Crippen LogP contribution in [-0.4, -0.2) is 34.4 Å². The molecule has 1 saturated heterocycles. The Bertz CT molecular complexity index is 716. The second-order valence-electron chi connectivity index (χ2n) is 5.83. The number of thiazole rings is 1. The van der Waals surface area contributed by atoms with E-state index in [9.17, 15) is 9.59 Å². The highest BCUT2D eigenvalue weighted by Gasteiger charge is 2.30. The number of nitrogens with one attached hydrogen (secondary N) is 2. The molecule has 1 fully saturated rings. The van der Waals surface area contributed by atoms with Gasteiger partial charge in [0.2, 0.25) is 5.91 Å². The molecule has 3 amide bonds. The lowest BCUT2D eigenvalue weighted by Crippen LogP contribution is -2.42. The van der Waals surface area contributed by atoms with Crippen LogP contribution >= 0.6 is 11.3 Å². The molecule has 2 N–H and O–H groups in total. The second kappa shape index (κ2) is 7.44. The molecule has 0 unspecified atom stereocenters. The van der Waals surface area contributed by atoms with Crippen molar-refractivity contribution in [2.45, 2.75) is 32.5 Å². The van der Waals surface area contributed by atoms with E-state index in [2.05, 4.69) is 15.6 Å². The lowest BCUT2D eigenvalue weighted by Gasteiger charge is -2.17. The molecule has 0 saturated carbocycles. The number of amides is 3. The van der Waals surface area contributed by atoms with Gasteiger partial charge >= 0.3 is 6.03 Å². The van der Waals surface area contributed by atoms with Crippen LogP contribution in [0, 0.1) is 6.92 Å². The molecule has 1 atom stereocenters. The third kappa shape index (κ3) is 4.32. The van der Waals surface area contributed by atoms with Crippen LogP contribution in [0.5, 0.6) is 0 Å². The maximum absolute atomic E-state index is 12.1. The summed E-state index contributed by atoms with van der Waals surface area (Å²) in [5.74, 6) is 0.0715. The lowest BCUT2D eigenvalue weighted by atomic mass is 10.2. The van der Waals surface area contributed by atoms with Gasteiger partial charge in [-0.05, 0) is 12.5 Å². The molecule has 126 valence electrons. The molecular weight excluding hydrogens is 324 g/mol. The van der Waals surface area contributed by atoms with Gasteiger partial charge < -0.3 is 15.5 Å². The van der Waals surface area contributed by atoms with Gasteiger partial charge in [0.05, 0.1) is 17.6 Å². The van der Waals surface area contributed by atoms with Gasteiger partial charge in [0, 0.05) is 30.6 Å². The Morgan fingerprint density at radius 2 is 2.17 bits per heavy atom. The first-order valence-corrected chi connectivity index (χ1v) is 8.69. The van der Waals surface area contributed by atoms with E-state index in [1.54, 1.807) is 22.4 Å². The number of carbonyl (C=O) groups excluding carboxylic acids is 2. The average molecular weight is 344 g/mol. The summed E-state index contributed by atoms with van der Waals surface area (Å²) >= 11 is 1.56. The zero-order chi connectivity index (χ0) is 16.9. The molecule has 2 aromatic rings. The predicted octanol–water partition coefficient (Wildman–Crippen LogP) is 2.05. The van der Waals surface area contributed by atoms with Gasteiger partial charge in [-0.1, -0.05) is 30.3 Å². The molecule has 1 aliphatic rings. The third-order valence-electron chi connectivity index (χ3n) is 3.86. The number of aryl methyl sites for hydroxylation is 1. The van der Waals surface area contributed by atoms with Gasteiger partial charge in [0.15, 0.2) is 0 Å². The number of hydrogen-bond donors (Lipinski definition) is 2. The Balaban J connectivity index is 1.46. The maximum Gasteiger partial charge on any atom is 0.315 e. The normalized spacial score (nSPS) is 17.1. The summed E-state index contributed by atoms with van der Waals surface area (Å²) in [6.07, 6.45) is 2.11. The summed E-state index contributed by atoms with van der Waals surface area (Å²) in [7, 11) is 0. The van der Waals surface area contributed by atoms with Gasteiger partial charge in [-0.2, -0.15) is 0 Å². The Hall–Kier alpha value is -2.41. The summed E-state index contributed by atoms with van der Waals surface area (Å²) in [6.45, 7) is 3.51. The van der Waals surface area contributed by atoms with Crippen molar-refractivity contribution in [3.05, 3.63) is 52.0 Å². The van der Waals surface area contributed by atoms with Crippen LogP contribution in [0.2, 0.25) is 0 Å². The van der Waals surface area contributed by atoms with Crippen LogP contribution in [0.1, 0.15) is 21.9 Å². The van der Waals surface area contributed by atoms with E-state index in [4.69, 9.17) is 0 Å². The van der Waals surface area contributed by atoms with Gasteiger partial charge in [0.25, 0.3) is 0 Å². The van der Waals surface area contributed by atoms with E-state index in [1.165, 1.54) is 0 Å². The number of urea groups is 1. The predicted molar refractivity (Wildman–Crippen MR) is 92.5 cm³/mol. The minimum Gasteiger partial charge on any atom is -0.336 e. The first-order valence-electron chi connectivity index (χ1n) is 7.87. The molecule has 6 nitrogen and oxygen atoms in total. The van der Waals surface area contributed by atoms with E-state index in [1.807, 2.05) is 37.3 Å². The molecule has 0 bridgehead atoms. The number of aromatic nitrogens is 1. The first kappa shape index (κ1) is 16.4. The Kier molecular flexibility index (Phi) is 5.10. The zero-order valence-corrected chi connectivity index (χ0v) is 14.3. The van der Waals surface area contributed by atoms with Crippen molar-refractivity contribution in [3.63, 3.8) is 0 Å². The molecule has 0 spiro atoms. The Morgan fingerprint density at radius 3 is 2.88 bits per heavy atom. The zero-order valence-electron chi connectivity index (χ0n) is 13.5. The van der Waals surface area contributed by atoms with Crippen LogP contribution in [0.15, 0.2) is 36.5 Å². The number of likely N-dealkylation sites (tertiary alicyclic amines) is 1. The van der Waals surface area contributed by atoms with Crippen molar-refractivity contribution in [3.8, 4) is 0 Å². The molecule has 1 aromatic heterocycles. The van der Waals surface area contributed by atoms with E-state index < -0.39 is 0 Å². The van der Waals surface area contributed by atoms with Crippen molar-refractivity contribution in [2.24, 2.45) is 0 Å².